The first-order chi connectivity index (χ1) is 9.79. The van der Waals surface area contributed by atoms with E-state index in [2.05, 4.69) is 26.6 Å². The van der Waals surface area contributed by atoms with Crippen LogP contribution in [0, 0.1) is 0 Å². The summed E-state index contributed by atoms with van der Waals surface area (Å²) in [5, 5.41) is 14.5. The van der Waals surface area contributed by atoms with E-state index in [-0.39, 0.29) is 17.6 Å². The van der Waals surface area contributed by atoms with Gasteiger partial charge in [-0.05, 0) is 68.1 Å². The molecule has 0 heterocycles. The Morgan fingerprint density at radius 2 is 2.05 bits per heavy atom. The third-order valence-electron chi connectivity index (χ3n) is 2.84. The maximum Gasteiger partial charge on any atom is 0.336 e. The predicted molar refractivity (Wildman–Crippen MR) is 85.9 cm³/mol. The lowest BCUT2D eigenvalue weighted by molar-refractivity contribution is 0.0696. The molecule has 1 rings (SSSR count). The van der Waals surface area contributed by atoms with Gasteiger partial charge in [-0.3, -0.25) is 0 Å². The number of anilines is 1. The van der Waals surface area contributed by atoms with Gasteiger partial charge >= 0.3 is 12.0 Å². The van der Waals surface area contributed by atoms with Crippen LogP contribution in [-0.4, -0.2) is 48.7 Å². The molecule has 1 aromatic rings. The lowest BCUT2D eigenvalue weighted by atomic mass is 10.2. The first kappa shape index (κ1) is 17.5. The van der Waals surface area contributed by atoms with Gasteiger partial charge in [0.25, 0.3) is 0 Å². The van der Waals surface area contributed by atoms with Gasteiger partial charge < -0.3 is 20.6 Å². The van der Waals surface area contributed by atoms with Crippen LogP contribution in [0.2, 0.25) is 0 Å². The van der Waals surface area contributed by atoms with Gasteiger partial charge in [-0.25, -0.2) is 9.59 Å². The molecule has 0 bridgehead atoms. The van der Waals surface area contributed by atoms with Crippen molar-refractivity contribution < 1.29 is 14.7 Å². The number of benzene rings is 1. The van der Waals surface area contributed by atoms with Gasteiger partial charge in [-0.15, -0.1) is 0 Å². The second-order valence-corrected chi connectivity index (χ2v) is 5.95. The average Bonchev–Trinajstić information content (AvgIpc) is 2.38. The van der Waals surface area contributed by atoms with Crippen molar-refractivity contribution >= 4 is 33.6 Å². The predicted octanol–water partition coefficient (Wildman–Crippen LogP) is 2.61. The van der Waals surface area contributed by atoms with Crippen LogP contribution in [0.3, 0.4) is 0 Å². The second-order valence-electron chi connectivity index (χ2n) is 5.09. The highest BCUT2D eigenvalue weighted by molar-refractivity contribution is 9.10. The van der Waals surface area contributed by atoms with Gasteiger partial charge in [0, 0.05) is 16.2 Å². The van der Waals surface area contributed by atoms with Gasteiger partial charge in [0.2, 0.25) is 0 Å². The van der Waals surface area contributed by atoms with E-state index in [1.165, 1.54) is 6.07 Å². The van der Waals surface area contributed by atoms with E-state index in [4.69, 9.17) is 5.11 Å². The molecule has 0 fully saturated rings. The molecule has 0 aliphatic heterocycles. The highest BCUT2D eigenvalue weighted by Gasteiger charge is 2.12. The summed E-state index contributed by atoms with van der Waals surface area (Å²) < 4.78 is 0.473. The average molecular weight is 358 g/mol. The Labute approximate surface area is 132 Å². The molecule has 1 atom stereocenters. The number of nitrogens with zero attached hydrogens (tertiary/aromatic N) is 1. The van der Waals surface area contributed by atoms with Crippen molar-refractivity contribution in [3.63, 3.8) is 0 Å². The Morgan fingerprint density at radius 1 is 1.38 bits per heavy atom. The SMILES string of the molecule is CC(CCN(C)C)NC(=O)Nc1ccc(Br)c(C(=O)O)c1. The molecule has 7 heteroatoms. The van der Waals surface area contributed by atoms with E-state index < -0.39 is 5.97 Å². The summed E-state index contributed by atoms with van der Waals surface area (Å²) in [6.07, 6.45) is 0.834. The zero-order valence-electron chi connectivity index (χ0n) is 12.3. The van der Waals surface area contributed by atoms with Crippen LogP contribution < -0.4 is 10.6 Å². The molecule has 0 aliphatic rings. The highest BCUT2D eigenvalue weighted by Crippen LogP contribution is 2.21. The minimum absolute atomic E-state index is 0.0294. The molecular formula is C14H20BrN3O3. The Balaban J connectivity index is 2.59. The molecule has 0 radical (unpaired) electrons. The molecule has 6 nitrogen and oxygen atoms in total. The minimum Gasteiger partial charge on any atom is -0.478 e. The summed E-state index contributed by atoms with van der Waals surface area (Å²) in [5.41, 5.74) is 0.543. The molecule has 0 saturated heterocycles. The van der Waals surface area contributed by atoms with Crippen LogP contribution in [0.4, 0.5) is 10.5 Å². The normalized spacial score (nSPS) is 12.0. The summed E-state index contributed by atoms with van der Waals surface area (Å²) in [4.78, 5) is 24.9. The molecule has 1 aromatic carbocycles. The first-order valence-electron chi connectivity index (χ1n) is 6.54. The number of aromatic carboxylic acids is 1. The highest BCUT2D eigenvalue weighted by atomic mass is 79.9. The van der Waals surface area contributed by atoms with Gasteiger partial charge in [0.05, 0.1) is 5.56 Å². The Kier molecular flexibility index (Phi) is 6.64. The number of hydrogen-bond acceptors (Lipinski definition) is 3. The quantitative estimate of drug-likeness (QED) is 0.730. The molecular weight excluding hydrogens is 338 g/mol. The zero-order chi connectivity index (χ0) is 16.0. The number of carbonyl (C=O) groups excluding carboxylic acids is 1. The molecule has 3 N–H and O–H groups in total. The van der Waals surface area contributed by atoms with Crippen LogP contribution in [0.15, 0.2) is 22.7 Å². The zero-order valence-corrected chi connectivity index (χ0v) is 13.9. The first-order valence-corrected chi connectivity index (χ1v) is 7.34. The smallest absolute Gasteiger partial charge is 0.336 e. The van der Waals surface area contributed by atoms with Crippen molar-refractivity contribution in [3.05, 3.63) is 28.2 Å². The Morgan fingerprint density at radius 3 is 2.62 bits per heavy atom. The molecule has 2 amide bonds. The van der Waals surface area contributed by atoms with Crippen LogP contribution in [0.5, 0.6) is 0 Å². The van der Waals surface area contributed by atoms with Crippen LogP contribution in [-0.2, 0) is 0 Å². The lowest BCUT2D eigenvalue weighted by Crippen LogP contribution is -2.37. The minimum atomic E-state index is -1.05. The fourth-order valence-electron chi connectivity index (χ4n) is 1.68. The van der Waals surface area contributed by atoms with Gasteiger partial charge in [-0.2, -0.15) is 0 Å². The van der Waals surface area contributed by atoms with Crippen molar-refractivity contribution in [1.29, 1.82) is 0 Å². The Bertz CT molecular complexity index is 520. The number of amides is 2. The maximum absolute atomic E-state index is 11.8. The van der Waals surface area contributed by atoms with Gasteiger partial charge in [0.1, 0.15) is 0 Å². The van der Waals surface area contributed by atoms with Gasteiger partial charge in [0.15, 0.2) is 0 Å². The number of urea groups is 1. The molecule has 0 aliphatic carbocycles. The van der Waals surface area contributed by atoms with E-state index >= 15 is 0 Å². The Hall–Kier alpha value is -1.60. The molecule has 116 valence electrons. The third kappa shape index (κ3) is 6.14. The summed E-state index contributed by atoms with van der Waals surface area (Å²) in [6, 6.07) is 4.33. The van der Waals surface area contributed by atoms with Crippen molar-refractivity contribution in [2.24, 2.45) is 0 Å². The molecule has 0 spiro atoms. The van der Waals surface area contributed by atoms with Crippen LogP contribution >= 0.6 is 15.9 Å². The maximum atomic E-state index is 11.8. The number of hydrogen-bond donors (Lipinski definition) is 3. The summed E-state index contributed by atoms with van der Waals surface area (Å²) in [7, 11) is 3.95. The number of carbonyl (C=O) groups is 2. The van der Waals surface area contributed by atoms with E-state index in [0.717, 1.165) is 13.0 Å². The monoisotopic (exact) mass is 357 g/mol. The number of halogens is 1. The van der Waals surface area contributed by atoms with Crippen molar-refractivity contribution in [2.75, 3.05) is 26.0 Å². The summed E-state index contributed by atoms with van der Waals surface area (Å²) in [5.74, 6) is -1.05. The number of rotatable bonds is 6. The fraction of sp³-hybridized carbons (Fsp3) is 0.429. The number of carboxylic acid groups (broad SMARTS) is 1. The summed E-state index contributed by atoms with van der Waals surface area (Å²) in [6.45, 7) is 2.80. The molecule has 0 aromatic heterocycles. The largest absolute Gasteiger partial charge is 0.478 e. The third-order valence-corrected chi connectivity index (χ3v) is 3.53. The van der Waals surface area contributed by atoms with Crippen LogP contribution in [0.1, 0.15) is 23.7 Å². The fourth-order valence-corrected chi connectivity index (χ4v) is 2.10. The van der Waals surface area contributed by atoms with Gasteiger partial charge in [-0.1, -0.05) is 0 Å². The second kappa shape index (κ2) is 7.99. The van der Waals surface area contributed by atoms with Crippen molar-refractivity contribution in [3.8, 4) is 0 Å². The van der Waals surface area contributed by atoms with E-state index in [9.17, 15) is 9.59 Å². The topological polar surface area (TPSA) is 81.7 Å². The molecule has 1 unspecified atom stereocenters. The van der Waals surface area contributed by atoms with Crippen LogP contribution in [0.25, 0.3) is 0 Å². The van der Waals surface area contributed by atoms with E-state index in [0.29, 0.717) is 10.2 Å². The molecule has 21 heavy (non-hydrogen) atoms. The van der Waals surface area contributed by atoms with E-state index in [1.807, 2.05) is 25.9 Å². The number of nitrogens with one attached hydrogen (secondary N) is 2. The van der Waals surface area contributed by atoms with Crippen molar-refractivity contribution in [2.45, 2.75) is 19.4 Å². The number of carboxylic acids is 1. The van der Waals surface area contributed by atoms with E-state index in [1.54, 1.807) is 12.1 Å². The lowest BCUT2D eigenvalue weighted by Gasteiger charge is -2.17. The van der Waals surface area contributed by atoms with Crippen molar-refractivity contribution in [1.82, 2.24) is 10.2 Å². The molecule has 0 saturated carbocycles. The summed E-state index contributed by atoms with van der Waals surface area (Å²) >= 11 is 3.16. The standard InChI is InChI=1S/C14H20BrN3O3/c1-9(6-7-18(2)3)16-14(21)17-10-4-5-12(15)11(8-10)13(19)20/h4-5,8-9H,6-7H2,1-3H3,(H,19,20)(H2,16,17,21).